The summed E-state index contributed by atoms with van der Waals surface area (Å²) in [5, 5.41) is 0. The Kier molecular flexibility index (Phi) is 4.77. The van der Waals surface area contributed by atoms with Crippen LogP contribution in [-0.4, -0.2) is 10.9 Å². The fourth-order valence-corrected chi connectivity index (χ4v) is 1.54. The van der Waals surface area contributed by atoms with E-state index in [-0.39, 0.29) is 12.4 Å². The lowest BCUT2D eigenvalue weighted by Gasteiger charge is -2.05. The predicted octanol–water partition coefficient (Wildman–Crippen LogP) is 3.39. The van der Waals surface area contributed by atoms with Crippen LogP contribution in [0.5, 0.6) is 5.75 Å². The predicted molar refractivity (Wildman–Crippen MR) is 72.6 cm³/mol. The van der Waals surface area contributed by atoms with Gasteiger partial charge in [0.15, 0.2) is 0 Å². The SMILES string of the molecule is Fc1cncc(COc2ccc(C#CCCl)cc2)c1. The van der Waals surface area contributed by atoms with Crippen molar-refractivity contribution in [3.05, 3.63) is 59.7 Å². The van der Waals surface area contributed by atoms with Crippen molar-refractivity contribution in [2.75, 3.05) is 5.88 Å². The maximum atomic E-state index is 12.9. The number of ether oxygens (including phenoxy) is 1. The van der Waals surface area contributed by atoms with E-state index >= 15 is 0 Å². The third-order valence-electron chi connectivity index (χ3n) is 2.32. The van der Waals surface area contributed by atoms with Crippen molar-refractivity contribution in [2.45, 2.75) is 6.61 Å². The van der Waals surface area contributed by atoms with E-state index in [1.54, 1.807) is 6.20 Å². The molecule has 0 N–H and O–H groups in total. The number of alkyl halides is 1. The number of pyridine rings is 1. The Morgan fingerprint density at radius 3 is 2.68 bits per heavy atom. The van der Waals surface area contributed by atoms with Crippen LogP contribution in [0.3, 0.4) is 0 Å². The molecular formula is C15H11ClFNO. The molecule has 1 aromatic heterocycles. The van der Waals surface area contributed by atoms with E-state index in [2.05, 4.69) is 16.8 Å². The largest absolute Gasteiger partial charge is 0.489 e. The second-order valence-corrected chi connectivity index (χ2v) is 4.03. The molecule has 0 atom stereocenters. The molecule has 0 unspecified atom stereocenters. The first-order chi connectivity index (χ1) is 9.28. The smallest absolute Gasteiger partial charge is 0.141 e. The molecule has 0 amide bonds. The Labute approximate surface area is 116 Å². The highest BCUT2D eigenvalue weighted by molar-refractivity contribution is 6.19. The maximum Gasteiger partial charge on any atom is 0.141 e. The van der Waals surface area contributed by atoms with Gasteiger partial charge in [-0.1, -0.05) is 11.8 Å². The number of aromatic nitrogens is 1. The van der Waals surface area contributed by atoms with Gasteiger partial charge in [0.2, 0.25) is 0 Å². The Hall–Kier alpha value is -2.05. The highest BCUT2D eigenvalue weighted by atomic mass is 35.5. The van der Waals surface area contributed by atoms with Gasteiger partial charge < -0.3 is 4.74 Å². The van der Waals surface area contributed by atoms with Gasteiger partial charge in [0.1, 0.15) is 18.2 Å². The highest BCUT2D eigenvalue weighted by Crippen LogP contribution is 2.13. The first kappa shape index (κ1) is 13.4. The lowest BCUT2D eigenvalue weighted by molar-refractivity contribution is 0.305. The number of rotatable bonds is 3. The Morgan fingerprint density at radius 2 is 2.00 bits per heavy atom. The van der Waals surface area contributed by atoms with E-state index in [4.69, 9.17) is 16.3 Å². The van der Waals surface area contributed by atoms with Crippen LogP contribution in [0.4, 0.5) is 4.39 Å². The Morgan fingerprint density at radius 1 is 1.21 bits per heavy atom. The van der Waals surface area contributed by atoms with E-state index in [1.807, 2.05) is 24.3 Å². The fourth-order valence-electron chi connectivity index (χ4n) is 1.47. The molecule has 1 aromatic carbocycles. The minimum absolute atomic E-state index is 0.275. The highest BCUT2D eigenvalue weighted by Gasteiger charge is 1.98. The zero-order valence-corrected chi connectivity index (χ0v) is 10.8. The topological polar surface area (TPSA) is 22.1 Å². The van der Waals surface area contributed by atoms with Crippen molar-refractivity contribution >= 4 is 11.6 Å². The first-order valence-electron chi connectivity index (χ1n) is 5.65. The molecule has 0 radical (unpaired) electrons. The second kappa shape index (κ2) is 6.77. The molecular weight excluding hydrogens is 265 g/mol. The van der Waals surface area contributed by atoms with Crippen LogP contribution in [0.25, 0.3) is 0 Å². The van der Waals surface area contributed by atoms with Crippen molar-refractivity contribution in [1.29, 1.82) is 0 Å². The quantitative estimate of drug-likeness (QED) is 0.633. The van der Waals surface area contributed by atoms with Crippen LogP contribution in [0, 0.1) is 17.7 Å². The van der Waals surface area contributed by atoms with Crippen molar-refractivity contribution < 1.29 is 9.13 Å². The van der Waals surface area contributed by atoms with Crippen LogP contribution in [0.1, 0.15) is 11.1 Å². The second-order valence-electron chi connectivity index (χ2n) is 3.76. The van der Waals surface area contributed by atoms with E-state index in [9.17, 15) is 4.39 Å². The minimum atomic E-state index is -0.368. The summed E-state index contributed by atoms with van der Waals surface area (Å²) in [6.07, 6.45) is 2.73. The molecule has 0 saturated heterocycles. The van der Waals surface area contributed by atoms with Crippen LogP contribution < -0.4 is 4.74 Å². The lowest BCUT2D eigenvalue weighted by atomic mass is 10.2. The summed E-state index contributed by atoms with van der Waals surface area (Å²) in [5.74, 6) is 6.32. The molecule has 2 nitrogen and oxygen atoms in total. The number of hydrogen-bond donors (Lipinski definition) is 0. The third kappa shape index (κ3) is 4.27. The van der Waals surface area contributed by atoms with Crippen LogP contribution in [0.2, 0.25) is 0 Å². The summed E-state index contributed by atoms with van der Waals surface area (Å²) in [6.45, 7) is 0.275. The average Bonchev–Trinajstić information content (AvgIpc) is 2.44. The van der Waals surface area contributed by atoms with E-state index in [0.29, 0.717) is 17.2 Å². The summed E-state index contributed by atoms with van der Waals surface area (Å²) in [5.41, 5.74) is 1.56. The summed E-state index contributed by atoms with van der Waals surface area (Å²) in [4.78, 5) is 3.76. The molecule has 4 heteroatoms. The molecule has 0 aliphatic carbocycles. The Balaban J connectivity index is 1.96. The molecule has 2 aromatic rings. The van der Waals surface area contributed by atoms with Gasteiger partial charge in [-0.3, -0.25) is 4.98 Å². The third-order valence-corrected chi connectivity index (χ3v) is 2.45. The van der Waals surface area contributed by atoms with Crippen LogP contribution in [0.15, 0.2) is 42.7 Å². The van der Waals surface area contributed by atoms with Crippen LogP contribution >= 0.6 is 11.6 Å². The van der Waals surface area contributed by atoms with E-state index < -0.39 is 0 Å². The first-order valence-corrected chi connectivity index (χ1v) is 6.18. The van der Waals surface area contributed by atoms with E-state index in [1.165, 1.54) is 6.07 Å². The normalized spacial score (nSPS) is 9.58. The van der Waals surface area contributed by atoms with Gasteiger partial charge in [0.25, 0.3) is 0 Å². The molecule has 1 heterocycles. The monoisotopic (exact) mass is 275 g/mol. The van der Waals surface area contributed by atoms with Gasteiger partial charge in [-0.05, 0) is 30.3 Å². The molecule has 19 heavy (non-hydrogen) atoms. The average molecular weight is 276 g/mol. The molecule has 0 spiro atoms. The molecule has 2 rings (SSSR count). The Bertz CT molecular complexity index is 602. The van der Waals surface area contributed by atoms with Crippen molar-refractivity contribution in [3.8, 4) is 17.6 Å². The number of nitrogens with zero attached hydrogens (tertiary/aromatic N) is 1. The van der Waals surface area contributed by atoms with Crippen LogP contribution in [-0.2, 0) is 6.61 Å². The zero-order valence-electron chi connectivity index (χ0n) is 10.1. The molecule has 0 fully saturated rings. The number of hydrogen-bond acceptors (Lipinski definition) is 2. The molecule has 0 aliphatic rings. The summed E-state index contributed by atoms with van der Waals surface area (Å²) < 4.78 is 18.4. The molecule has 0 saturated carbocycles. The van der Waals surface area contributed by atoms with Gasteiger partial charge in [0.05, 0.1) is 12.1 Å². The minimum Gasteiger partial charge on any atom is -0.489 e. The maximum absolute atomic E-state index is 12.9. The van der Waals surface area contributed by atoms with Crippen molar-refractivity contribution in [2.24, 2.45) is 0 Å². The number of benzene rings is 1. The summed E-state index contributed by atoms with van der Waals surface area (Å²) in [6, 6.07) is 8.71. The van der Waals surface area contributed by atoms with Crippen molar-refractivity contribution in [1.82, 2.24) is 4.98 Å². The lowest BCUT2D eigenvalue weighted by Crippen LogP contribution is -1.96. The van der Waals surface area contributed by atoms with Gasteiger partial charge in [-0.2, -0.15) is 0 Å². The summed E-state index contributed by atoms with van der Waals surface area (Å²) >= 11 is 5.48. The van der Waals surface area contributed by atoms with Gasteiger partial charge in [-0.25, -0.2) is 4.39 Å². The molecule has 0 bridgehead atoms. The van der Waals surface area contributed by atoms with E-state index in [0.717, 1.165) is 11.8 Å². The van der Waals surface area contributed by atoms with Gasteiger partial charge in [0, 0.05) is 17.3 Å². The fraction of sp³-hybridized carbons (Fsp3) is 0.133. The molecule has 96 valence electrons. The summed E-state index contributed by atoms with van der Waals surface area (Å²) in [7, 11) is 0. The van der Waals surface area contributed by atoms with Gasteiger partial charge in [-0.15, -0.1) is 11.6 Å². The standard InChI is InChI=1S/C15H11ClFNO/c16-7-1-2-12-3-5-15(6-4-12)19-11-13-8-14(17)10-18-9-13/h3-6,8-10H,7,11H2. The van der Waals surface area contributed by atoms with Gasteiger partial charge >= 0.3 is 0 Å². The number of halogens is 2. The molecule has 0 aliphatic heterocycles. The van der Waals surface area contributed by atoms with Crippen molar-refractivity contribution in [3.63, 3.8) is 0 Å². The zero-order chi connectivity index (χ0) is 13.5.